The number of hydrogen-bond acceptors (Lipinski definition) is 3. The van der Waals surface area contributed by atoms with Gasteiger partial charge in [-0.25, -0.2) is 4.39 Å². The van der Waals surface area contributed by atoms with Crippen LogP contribution in [0, 0.1) is 5.82 Å². The van der Waals surface area contributed by atoms with Crippen molar-refractivity contribution in [3.63, 3.8) is 0 Å². The van der Waals surface area contributed by atoms with Gasteiger partial charge in [0.15, 0.2) is 0 Å². The molecule has 1 N–H and O–H groups in total. The van der Waals surface area contributed by atoms with E-state index in [1.54, 1.807) is 24.3 Å². The molecule has 0 bridgehead atoms. The van der Waals surface area contributed by atoms with E-state index in [1.165, 1.54) is 19.2 Å². The fourth-order valence-corrected chi connectivity index (χ4v) is 3.82. The maximum atomic E-state index is 14.0. The van der Waals surface area contributed by atoms with Crippen molar-refractivity contribution < 1.29 is 19.0 Å². The number of ether oxygens (including phenoxy) is 1. The Hall–Kier alpha value is -1.82. The topological polar surface area (TPSA) is 49.8 Å². The van der Waals surface area contributed by atoms with Crippen LogP contribution in [0.1, 0.15) is 30.0 Å². The van der Waals surface area contributed by atoms with Gasteiger partial charge in [-0.2, -0.15) is 0 Å². The zero-order valence-electron chi connectivity index (χ0n) is 14.1. The van der Waals surface area contributed by atoms with Crippen LogP contribution in [0.25, 0.3) is 0 Å². The minimum atomic E-state index is -0.900. The summed E-state index contributed by atoms with van der Waals surface area (Å²) >= 11 is 12.2. The van der Waals surface area contributed by atoms with Crippen molar-refractivity contribution in [2.24, 2.45) is 0 Å². The van der Waals surface area contributed by atoms with Crippen LogP contribution in [0.5, 0.6) is 5.75 Å². The summed E-state index contributed by atoms with van der Waals surface area (Å²) in [6, 6.07) is 8.18. The van der Waals surface area contributed by atoms with Crippen molar-refractivity contribution >= 4 is 29.2 Å². The van der Waals surface area contributed by atoms with Crippen molar-refractivity contribution in [1.82, 2.24) is 4.90 Å². The maximum absolute atomic E-state index is 14.0. The third-order valence-electron chi connectivity index (χ3n) is 4.66. The van der Waals surface area contributed by atoms with E-state index in [2.05, 4.69) is 0 Å². The monoisotopic (exact) mass is 397 g/mol. The van der Waals surface area contributed by atoms with Crippen molar-refractivity contribution in [2.45, 2.75) is 24.9 Å². The Kier molecular flexibility index (Phi) is 5.70. The highest BCUT2D eigenvalue weighted by Crippen LogP contribution is 2.40. The van der Waals surface area contributed by atoms with Crippen LogP contribution in [0.15, 0.2) is 36.4 Å². The lowest BCUT2D eigenvalue weighted by Crippen LogP contribution is -2.39. The van der Waals surface area contributed by atoms with Gasteiger partial charge in [-0.15, -0.1) is 0 Å². The molecule has 1 aliphatic heterocycles. The summed E-state index contributed by atoms with van der Waals surface area (Å²) < 4.78 is 19.4. The van der Waals surface area contributed by atoms with E-state index < -0.39 is 23.9 Å². The van der Waals surface area contributed by atoms with Gasteiger partial charge in [0, 0.05) is 12.1 Å². The van der Waals surface area contributed by atoms with Gasteiger partial charge in [0.2, 0.25) is 0 Å². The average molecular weight is 398 g/mol. The van der Waals surface area contributed by atoms with Crippen LogP contribution < -0.4 is 4.74 Å². The predicted molar refractivity (Wildman–Crippen MR) is 98.6 cm³/mol. The first-order chi connectivity index (χ1) is 12.4. The Morgan fingerprint density at radius 2 is 2.04 bits per heavy atom. The summed E-state index contributed by atoms with van der Waals surface area (Å²) in [4.78, 5) is 13.6. The number of carboxylic acids is 1. The number of methoxy groups -OCH3 is 1. The molecule has 0 saturated carbocycles. The number of halogens is 3. The Balaban J connectivity index is 2.18. The van der Waals surface area contributed by atoms with Crippen molar-refractivity contribution in [3.8, 4) is 5.75 Å². The third-order valence-corrected chi connectivity index (χ3v) is 5.40. The Labute approximate surface area is 161 Å². The first-order valence-corrected chi connectivity index (χ1v) is 8.95. The van der Waals surface area contributed by atoms with Gasteiger partial charge in [0.25, 0.3) is 0 Å². The minimum absolute atomic E-state index is 0.357. The number of carbonyl (C=O) groups is 1. The third kappa shape index (κ3) is 3.65. The summed E-state index contributed by atoms with van der Waals surface area (Å²) in [5, 5.41) is 10.4. The number of nitrogens with zero attached hydrogens (tertiary/aromatic N) is 1. The normalized spacial score (nSPS) is 18.7. The molecule has 2 aromatic rings. The molecule has 1 fully saturated rings. The molecule has 26 heavy (non-hydrogen) atoms. The number of aliphatic carboxylic acids is 1. The van der Waals surface area contributed by atoms with Crippen LogP contribution >= 0.6 is 23.2 Å². The van der Waals surface area contributed by atoms with E-state index in [0.29, 0.717) is 34.3 Å². The van der Waals surface area contributed by atoms with E-state index >= 15 is 0 Å². The molecular weight excluding hydrogens is 380 g/mol. The van der Waals surface area contributed by atoms with E-state index in [-0.39, 0.29) is 0 Å². The molecule has 1 aliphatic rings. The number of hydrogen-bond donors (Lipinski definition) is 1. The molecule has 0 radical (unpaired) electrons. The summed E-state index contributed by atoms with van der Waals surface area (Å²) in [5.74, 6) is -0.835. The van der Waals surface area contributed by atoms with Gasteiger partial charge in [-0.1, -0.05) is 29.3 Å². The quantitative estimate of drug-likeness (QED) is 0.788. The fraction of sp³-hybridized carbons (Fsp3) is 0.316. The van der Waals surface area contributed by atoms with E-state index in [1.807, 2.05) is 4.90 Å². The molecule has 7 heteroatoms. The largest absolute Gasteiger partial charge is 0.496 e. The number of carboxylic acid groups (broad SMARTS) is 1. The predicted octanol–water partition coefficient (Wildman–Crippen LogP) is 4.78. The Bertz CT molecular complexity index is 830. The summed E-state index contributed by atoms with van der Waals surface area (Å²) in [7, 11) is 1.50. The van der Waals surface area contributed by atoms with Crippen LogP contribution in [-0.2, 0) is 4.79 Å². The molecule has 0 aromatic heterocycles. The van der Waals surface area contributed by atoms with Crippen molar-refractivity contribution in [2.75, 3.05) is 13.7 Å². The van der Waals surface area contributed by atoms with Gasteiger partial charge >= 0.3 is 5.97 Å². The van der Waals surface area contributed by atoms with E-state index in [9.17, 15) is 14.3 Å². The standard InChI is InChI=1S/C19H18Cl2FNO3/c1-26-17-7-5-12(22)10-13(17)18(11-4-6-14(20)15(21)9-11)23-8-2-3-16(23)19(24)25/h4-7,9-10,16,18H,2-3,8H2,1H3,(H,24,25). The summed E-state index contributed by atoms with van der Waals surface area (Å²) in [6.45, 7) is 0.571. The molecule has 0 aliphatic carbocycles. The molecule has 4 nitrogen and oxygen atoms in total. The smallest absolute Gasteiger partial charge is 0.320 e. The number of benzene rings is 2. The van der Waals surface area contributed by atoms with Crippen LogP contribution in [0.4, 0.5) is 4.39 Å². The molecule has 2 atom stereocenters. The molecule has 0 spiro atoms. The second kappa shape index (κ2) is 7.82. The lowest BCUT2D eigenvalue weighted by molar-refractivity contribution is -0.142. The van der Waals surface area contributed by atoms with Gasteiger partial charge in [-0.05, 0) is 48.7 Å². The lowest BCUT2D eigenvalue weighted by Gasteiger charge is -2.33. The average Bonchev–Trinajstić information content (AvgIpc) is 3.08. The molecule has 2 unspecified atom stereocenters. The van der Waals surface area contributed by atoms with Crippen LogP contribution in [0.2, 0.25) is 10.0 Å². The van der Waals surface area contributed by atoms with Gasteiger partial charge in [0.05, 0.1) is 23.2 Å². The number of rotatable bonds is 5. The van der Waals surface area contributed by atoms with Gasteiger partial charge in [0.1, 0.15) is 17.6 Å². The van der Waals surface area contributed by atoms with Crippen LogP contribution in [0.3, 0.4) is 0 Å². The molecular formula is C19H18Cl2FNO3. The van der Waals surface area contributed by atoms with Crippen LogP contribution in [-0.4, -0.2) is 35.7 Å². The molecule has 3 rings (SSSR count). The SMILES string of the molecule is COc1ccc(F)cc1C(c1ccc(Cl)c(Cl)c1)N1CCCC1C(=O)O. The van der Waals surface area contributed by atoms with Gasteiger partial charge in [-0.3, -0.25) is 9.69 Å². The highest BCUT2D eigenvalue weighted by Gasteiger charge is 2.38. The second-order valence-corrected chi connectivity index (χ2v) is 7.01. The molecule has 1 saturated heterocycles. The minimum Gasteiger partial charge on any atom is -0.496 e. The lowest BCUT2D eigenvalue weighted by atomic mass is 9.95. The summed E-state index contributed by atoms with van der Waals surface area (Å²) in [5.41, 5.74) is 1.29. The van der Waals surface area contributed by atoms with E-state index in [4.69, 9.17) is 27.9 Å². The molecule has 1 heterocycles. The highest BCUT2D eigenvalue weighted by molar-refractivity contribution is 6.42. The molecule has 0 amide bonds. The Morgan fingerprint density at radius 3 is 2.69 bits per heavy atom. The van der Waals surface area contributed by atoms with Crippen molar-refractivity contribution in [3.05, 3.63) is 63.4 Å². The second-order valence-electron chi connectivity index (χ2n) is 6.20. The highest BCUT2D eigenvalue weighted by atomic mass is 35.5. The first kappa shape index (κ1) is 19.0. The first-order valence-electron chi connectivity index (χ1n) is 8.19. The summed E-state index contributed by atoms with van der Waals surface area (Å²) in [6.07, 6.45) is 1.28. The molecule has 138 valence electrons. The zero-order valence-corrected chi connectivity index (χ0v) is 15.6. The Morgan fingerprint density at radius 1 is 1.27 bits per heavy atom. The fourth-order valence-electron chi connectivity index (χ4n) is 3.51. The van der Waals surface area contributed by atoms with Gasteiger partial charge < -0.3 is 9.84 Å². The number of likely N-dealkylation sites (tertiary alicyclic amines) is 1. The molecule has 2 aromatic carbocycles. The maximum Gasteiger partial charge on any atom is 0.320 e. The van der Waals surface area contributed by atoms with E-state index in [0.717, 1.165) is 12.0 Å². The zero-order chi connectivity index (χ0) is 18.8. The van der Waals surface area contributed by atoms with Crippen molar-refractivity contribution in [1.29, 1.82) is 0 Å².